The summed E-state index contributed by atoms with van der Waals surface area (Å²) in [6.07, 6.45) is 5.68. The van der Waals surface area contributed by atoms with E-state index in [2.05, 4.69) is 6.58 Å². The molecule has 1 atom stereocenters. The first-order chi connectivity index (χ1) is 4.75. The molecule has 0 radical (unpaired) electrons. The zero-order valence-electron chi connectivity index (χ0n) is 6.26. The van der Waals surface area contributed by atoms with Crippen molar-refractivity contribution in [2.24, 2.45) is 5.92 Å². The van der Waals surface area contributed by atoms with Crippen LogP contribution >= 0.6 is 0 Å². The van der Waals surface area contributed by atoms with Gasteiger partial charge in [-0.1, -0.05) is 18.7 Å². The molecule has 0 aromatic rings. The van der Waals surface area contributed by atoms with Gasteiger partial charge in [0, 0.05) is 12.3 Å². The number of Topliss-reactive ketones (excluding diaryl/α,β-unsaturated/α-hetero) is 1. The van der Waals surface area contributed by atoms with Gasteiger partial charge in [0.05, 0.1) is 0 Å². The quantitative estimate of drug-likeness (QED) is 0.398. The molecule has 0 saturated heterocycles. The normalized spacial score (nSPS) is 26.7. The fourth-order valence-electron chi connectivity index (χ4n) is 1.27. The summed E-state index contributed by atoms with van der Waals surface area (Å²) in [6.45, 7) is 5.70. The van der Waals surface area contributed by atoms with Crippen molar-refractivity contribution in [1.29, 1.82) is 0 Å². The molecular weight excluding hydrogens is 124 g/mol. The molecule has 1 saturated carbocycles. The van der Waals surface area contributed by atoms with Crippen molar-refractivity contribution in [3.8, 4) is 0 Å². The Bertz CT molecular complexity index is 189. The van der Waals surface area contributed by atoms with Crippen molar-refractivity contribution in [3.63, 3.8) is 0 Å². The van der Waals surface area contributed by atoms with Crippen molar-refractivity contribution in [2.75, 3.05) is 0 Å². The summed E-state index contributed by atoms with van der Waals surface area (Å²) in [5.41, 5.74) is 0.790. The molecule has 0 aliphatic heterocycles. The van der Waals surface area contributed by atoms with Crippen molar-refractivity contribution in [1.82, 2.24) is 0 Å². The van der Waals surface area contributed by atoms with Crippen LogP contribution in [0.5, 0.6) is 0 Å². The average Bonchev–Trinajstić information content (AvgIpc) is 2.20. The SMILES string of the molecule is C=C1C(=O)CCC1/C=C\C. The van der Waals surface area contributed by atoms with Crippen LogP contribution in [0.1, 0.15) is 19.8 Å². The van der Waals surface area contributed by atoms with Crippen LogP contribution in [-0.2, 0) is 4.79 Å². The molecule has 1 aliphatic carbocycles. The van der Waals surface area contributed by atoms with Crippen molar-refractivity contribution >= 4 is 5.78 Å². The summed E-state index contributed by atoms with van der Waals surface area (Å²) in [5, 5.41) is 0. The third-order valence-electron chi connectivity index (χ3n) is 1.91. The standard InChI is InChI=1S/C9H12O/c1-3-4-8-5-6-9(10)7(8)2/h3-4,8H,2,5-6H2,1H3/b4-3-. The Morgan fingerprint density at radius 3 is 2.80 bits per heavy atom. The maximum absolute atomic E-state index is 10.9. The average molecular weight is 136 g/mol. The van der Waals surface area contributed by atoms with E-state index in [0.29, 0.717) is 12.3 Å². The van der Waals surface area contributed by atoms with E-state index < -0.39 is 0 Å². The number of allylic oxidation sites excluding steroid dienone is 3. The zero-order chi connectivity index (χ0) is 7.56. The van der Waals surface area contributed by atoms with E-state index in [1.807, 2.05) is 19.1 Å². The summed E-state index contributed by atoms with van der Waals surface area (Å²) in [6, 6.07) is 0. The smallest absolute Gasteiger partial charge is 0.158 e. The molecule has 1 nitrogen and oxygen atoms in total. The first kappa shape index (κ1) is 7.26. The number of ketones is 1. The fourth-order valence-corrected chi connectivity index (χ4v) is 1.27. The predicted molar refractivity (Wildman–Crippen MR) is 41.7 cm³/mol. The third-order valence-corrected chi connectivity index (χ3v) is 1.91. The Balaban J connectivity index is 2.66. The molecule has 1 unspecified atom stereocenters. The Hall–Kier alpha value is -0.850. The van der Waals surface area contributed by atoms with E-state index in [4.69, 9.17) is 0 Å². The summed E-state index contributed by atoms with van der Waals surface area (Å²) in [4.78, 5) is 10.9. The highest BCUT2D eigenvalue weighted by molar-refractivity contribution is 5.97. The molecule has 1 heteroatoms. The molecule has 0 amide bonds. The van der Waals surface area contributed by atoms with Gasteiger partial charge in [-0.15, -0.1) is 0 Å². The molecule has 0 bridgehead atoms. The van der Waals surface area contributed by atoms with Gasteiger partial charge >= 0.3 is 0 Å². The molecule has 1 aliphatic rings. The van der Waals surface area contributed by atoms with Gasteiger partial charge in [0.1, 0.15) is 0 Å². The summed E-state index contributed by atoms with van der Waals surface area (Å²) < 4.78 is 0. The molecule has 0 aromatic heterocycles. The van der Waals surface area contributed by atoms with Crippen molar-refractivity contribution < 1.29 is 4.79 Å². The van der Waals surface area contributed by atoms with E-state index in [9.17, 15) is 4.79 Å². The van der Waals surface area contributed by atoms with Gasteiger partial charge < -0.3 is 0 Å². The van der Waals surface area contributed by atoms with Crippen LogP contribution in [0.3, 0.4) is 0 Å². The number of carbonyl (C=O) groups is 1. The number of carbonyl (C=O) groups excluding carboxylic acids is 1. The second kappa shape index (κ2) is 2.82. The summed E-state index contributed by atoms with van der Waals surface area (Å²) in [5.74, 6) is 0.570. The molecule has 0 spiro atoms. The highest BCUT2D eigenvalue weighted by Crippen LogP contribution is 2.27. The van der Waals surface area contributed by atoms with Crippen LogP contribution in [0, 0.1) is 5.92 Å². The monoisotopic (exact) mass is 136 g/mol. The lowest BCUT2D eigenvalue weighted by Gasteiger charge is -1.99. The van der Waals surface area contributed by atoms with Gasteiger partial charge in [0.15, 0.2) is 5.78 Å². The van der Waals surface area contributed by atoms with Crippen LogP contribution in [0.2, 0.25) is 0 Å². The zero-order valence-corrected chi connectivity index (χ0v) is 6.26. The van der Waals surface area contributed by atoms with Crippen LogP contribution in [0.15, 0.2) is 24.3 Å². The molecule has 0 N–H and O–H groups in total. The Labute approximate surface area is 61.4 Å². The summed E-state index contributed by atoms with van der Waals surface area (Å²) in [7, 11) is 0. The highest BCUT2D eigenvalue weighted by atomic mass is 16.1. The van der Waals surface area contributed by atoms with Crippen LogP contribution in [0.25, 0.3) is 0 Å². The van der Waals surface area contributed by atoms with Gasteiger partial charge in [0.2, 0.25) is 0 Å². The molecule has 1 fully saturated rings. The van der Waals surface area contributed by atoms with Gasteiger partial charge in [-0.3, -0.25) is 4.79 Å². The molecule has 10 heavy (non-hydrogen) atoms. The Kier molecular flexibility index (Phi) is 2.05. The van der Waals surface area contributed by atoms with Crippen LogP contribution < -0.4 is 0 Å². The molecular formula is C9H12O. The lowest BCUT2D eigenvalue weighted by Crippen LogP contribution is -1.95. The van der Waals surface area contributed by atoms with Crippen molar-refractivity contribution in [3.05, 3.63) is 24.3 Å². The molecule has 0 aromatic carbocycles. The second-order valence-electron chi connectivity index (χ2n) is 2.62. The maximum Gasteiger partial charge on any atom is 0.158 e. The van der Waals surface area contributed by atoms with E-state index in [1.54, 1.807) is 0 Å². The van der Waals surface area contributed by atoms with E-state index in [-0.39, 0.29) is 5.78 Å². The highest BCUT2D eigenvalue weighted by Gasteiger charge is 2.23. The minimum Gasteiger partial charge on any atom is -0.295 e. The summed E-state index contributed by atoms with van der Waals surface area (Å²) >= 11 is 0. The van der Waals surface area contributed by atoms with E-state index in [0.717, 1.165) is 12.0 Å². The van der Waals surface area contributed by atoms with Gasteiger partial charge in [-0.05, 0) is 18.9 Å². The Morgan fingerprint density at radius 2 is 2.40 bits per heavy atom. The van der Waals surface area contributed by atoms with Crippen LogP contribution in [-0.4, -0.2) is 5.78 Å². The van der Waals surface area contributed by atoms with E-state index >= 15 is 0 Å². The number of rotatable bonds is 1. The van der Waals surface area contributed by atoms with Crippen LogP contribution in [0.4, 0.5) is 0 Å². The van der Waals surface area contributed by atoms with E-state index in [1.165, 1.54) is 0 Å². The number of hydrogen-bond donors (Lipinski definition) is 0. The van der Waals surface area contributed by atoms with Crippen molar-refractivity contribution in [2.45, 2.75) is 19.8 Å². The Morgan fingerprint density at radius 1 is 1.70 bits per heavy atom. The maximum atomic E-state index is 10.9. The largest absolute Gasteiger partial charge is 0.295 e. The lowest BCUT2D eigenvalue weighted by molar-refractivity contribution is -0.114. The minimum atomic E-state index is 0.239. The lowest BCUT2D eigenvalue weighted by atomic mass is 10.0. The second-order valence-corrected chi connectivity index (χ2v) is 2.62. The van der Waals surface area contributed by atoms with Gasteiger partial charge in [0.25, 0.3) is 0 Å². The minimum absolute atomic E-state index is 0.239. The fraction of sp³-hybridized carbons (Fsp3) is 0.444. The first-order valence-electron chi connectivity index (χ1n) is 3.60. The molecule has 1 rings (SSSR count). The topological polar surface area (TPSA) is 17.1 Å². The molecule has 54 valence electrons. The van der Waals surface area contributed by atoms with Gasteiger partial charge in [-0.25, -0.2) is 0 Å². The first-order valence-corrected chi connectivity index (χ1v) is 3.60. The predicted octanol–water partition coefficient (Wildman–Crippen LogP) is 2.10. The number of hydrogen-bond acceptors (Lipinski definition) is 1. The molecule has 0 heterocycles. The van der Waals surface area contributed by atoms with Gasteiger partial charge in [-0.2, -0.15) is 0 Å². The third kappa shape index (κ3) is 1.18.